The Labute approximate surface area is 109 Å². The van der Waals surface area contributed by atoms with Gasteiger partial charge in [-0.05, 0) is 37.3 Å². The molecule has 4 nitrogen and oxygen atoms in total. The first-order chi connectivity index (χ1) is 8.54. The maximum Gasteiger partial charge on any atom is 0.209 e. The highest BCUT2D eigenvalue weighted by atomic mass is 32.2. The molecule has 0 unspecified atom stereocenters. The van der Waals surface area contributed by atoms with Crippen molar-refractivity contribution < 1.29 is 8.42 Å². The number of benzene rings is 1. The minimum Gasteiger partial charge on any atom is -0.314 e. The lowest BCUT2D eigenvalue weighted by Gasteiger charge is -2.36. The van der Waals surface area contributed by atoms with Gasteiger partial charge in [-0.2, -0.15) is 0 Å². The smallest absolute Gasteiger partial charge is 0.209 e. The van der Waals surface area contributed by atoms with Crippen molar-refractivity contribution in [3.8, 4) is 0 Å². The van der Waals surface area contributed by atoms with Crippen molar-refractivity contribution in [2.75, 3.05) is 12.3 Å². The van der Waals surface area contributed by atoms with Gasteiger partial charge in [-0.25, -0.2) is 13.6 Å². The van der Waals surface area contributed by atoms with Crippen LogP contribution in [-0.4, -0.2) is 26.8 Å². The molecule has 0 heterocycles. The predicted molar refractivity (Wildman–Crippen MR) is 72.8 cm³/mol. The van der Waals surface area contributed by atoms with Gasteiger partial charge in [-0.3, -0.25) is 0 Å². The molecule has 1 fully saturated rings. The van der Waals surface area contributed by atoms with Crippen LogP contribution in [0.1, 0.15) is 30.7 Å². The van der Waals surface area contributed by atoms with Crippen molar-refractivity contribution in [2.45, 2.75) is 31.2 Å². The van der Waals surface area contributed by atoms with Crippen LogP contribution in [0.2, 0.25) is 0 Å². The molecule has 1 aromatic carbocycles. The number of primary sulfonamides is 1. The fourth-order valence-corrected chi connectivity index (χ4v) is 2.91. The third kappa shape index (κ3) is 4.08. The van der Waals surface area contributed by atoms with E-state index in [1.54, 1.807) is 0 Å². The average molecular weight is 268 g/mol. The van der Waals surface area contributed by atoms with E-state index < -0.39 is 10.0 Å². The number of nitrogens with one attached hydrogen (secondary N) is 1. The summed E-state index contributed by atoms with van der Waals surface area (Å²) >= 11 is 0. The Balaban J connectivity index is 1.62. The summed E-state index contributed by atoms with van der Waals surface area (Å²) in [7, 11) is -3.30. The van der Waals surface area contributed by atoms with E-state index in [1.807, 2.05) is 6.07 Å². The van der Waals surface area contributed by atoms with Crippen molar-refractivity contribution >= 4 is 10.0 Å². The van der Waals surface area contributed by atoms with Crippen LogP contribution in [0.25, 0.3) is 0 Å². The fraction of sp³-hybridized carbons (Fsp3) is 0.538. The van der Waals surface area contributed by atoms with Gasteiger partial charge >= 0.3 is 0 Å². The largest absolute Gasteiger partial charge is 0.314 e. The zero-order valence-corrected chi connectivity index (χ0v) is 11.2. The first-order valence-electron chi connectivity index (χ1n) is 6.33. The molecule has 0 aromatic heterocycles. The molecule has 1 aliphatic carbocycles. The molecule has 100 valence electrons. The summed E-state index contributed by atoms with van der Waals surface area (Å²) in [4.78, 5) is 0. The van der Waals surface area contributed by atoms with Gasteiger partial charge in [0.1, 0.15) is 0 Å². The summed E-state index contributed by atoms with van der Waals surface area (Å²) in [6, 6.07) is 11.0. The number of nitrogens with two attached hydrogens (primary N) is 1. The van der Waals surface area contributed by atoms with Crippen LogP contribution in [-0.2, 0) is 10.0 Å². The zero-order chi connectivity index (χ0) is 13.0. The molecular weight excluding hydrogens is 248 g/mol. The Bertz CT molecular complexity index is 467. The van der Waals surface area contributed by atoms with Crippen LogP contribution in [0.3, 0.4) is 0 Å². The molecule has 0 bridgehead atoms. The lowest BCUT2D eigenvalue weighted by Crippen LogP contribution is -2.40. The Morgan fingerprint density at radius 2 is 1.89 bits per heavy atom. The molecule has 0 radical (unpaired) electrons. The minimum absolute atomic E-state index is 0.0643. The molecule has 0 spiro atoms. The van der Waals surface area contributed by atoms with Crippen molar-refractivity contribution in [3.63, 3.8) is 0 Å². The topological polar surface area (TPSA) is 72.2 Å². The van der Waals surface area contributed by atoms with Gasteiger partial charge in [0.2, 0.25) is 10.0 Å². The van der Waals surface area contributed by atoms with Crippen LogP contribution in [0.4, 0.5) is 0 Å². The van der Waals surface area contributed by atoms with E-state index in [1.165, 1.54) is 5.56 Å². The van der Waals surface area contributed by atoms with Crippen LogP contribution < -0.4 is 10.5 Å². The summed E-state index contributed by atoms with van der Waals surface area (Å²) in [5.74, 6) is 0.719. The predicted octanol–water partition coefficient (Wildman–Crippen LogP) is 1.20. The second-order valence-corrected chi connectivity index (χ2v) is 6.68. The molecule has 2 rings (SSSR count). The summed E-state index contributed by atoms with van der Waals surface area (Å²) in [6.07, 6.45) is 2.87. The van der Waals surface area contributed by atoms with E-state index in [9.17, 15) is 8.42 Å². The van der Waals surface area contributed by atoms with Crippen molar-refractivity contribution in [1.82, 2.24) is 5.32 Å². The van der Waals surface area contributed by atoms with Gasteiger partial charge in [0.05, 0.1) is 5.75 Å². The highest BCUT2D eigenvalue weighted by Gasteiger charge is 2.29. The molecule has 5 heteroatoms. The molecule has 1 aromatic rings. The molecular formula is C13H20N2O2S. The second-order valence-electron chi connectivity index (χ2n) is 4.95. The monoisotopic (exact) mass is 268 g/mol. The zero-order valence-electron chi connectivity index (χ0n) is 10.4. The molecule has 3 N–H and O–H groups in total. The highest BCUT2D eigenvalue weighted by molar-refractivity contribution is 7.89. The Morgan fingerprint density at radius 3 is 2.50 bits per heavy atom. The maximum atomic E-state index is 10.7. The first-order valence-corrected chi connectivity index (χ1v) is 8.05. The second kappa shape index (κ2) is 5.82. The average Bonchev–Trinajstić information content (AvgIpc) is 2.26. The molecule has 18 heavy (non-hydrogen) atoms. The third-order valence-electron chi connectivity index (χ3n) is 3.45. The Hall–Kier alpha value is -0.910. The van der Waals surface area contributed by atoms with E-state index in [0.717, 1.165) is 19.4 Å². The standard InChI is InChI=1S/C13H20N2O2S/c14-18(16,17)8-4-7-15-13-9-12(10-13)11-5-2-1-3-6-11/h1-3,5-6,12-13,15H,4,7-10H2,(H2,14,16,17). The minimum atomic E-state index is -3.30. The van der Waals surface area contributed by atoms with Gasteiger partial charge in [-0.15, -0.1) is 0 Å². The van der Waals surface area contributed by atoms with Gasteiger partial charge in [0, 0.05) is 6.04 Å². The molecule has 0 saturated heterocycles. The van der Waals surface area contributed by atoms with Crippen molar-refractivity contribution in [1.29, 1.82) is 0 Å². The molecule has 0 atom stereocenters. The molecule has 0 aliphatic heterocycles. The number of hydrogen-bond donors (Lipinski definition) is 2. The van der Waals surface area contributed by atoms with Crippen molar-refractivity contribution in [3.05, 3.63) is 35.9 Å². The van der Waals surface area contributed by atoms with Crippen LogP contribution in [0, 0.1) is 0 Å². The highest BCUT2D eigenvalue weighted by Crippen LogP contribution is 2.36. The summed E-state index contributed by atoms with van der Waals surface area (Å²) in [6.45, 7) is 0.725. The van der Waals surface area contributed by atoms with Gasteiger partial charge in [-0.1, -0.05) is 30.3 Å². The normalized spacial score (nSPS) is 23.6. The van der Waals surface area contributed by atoms with Gasteiger partial charge in [0.25, 0.3) is 0 Å². The number of rotatable bonds is 6. The van der Waals surface area contributed by atoms with E-state index >= 15 is 0 Å². The lowest BCUT2D eigenvalue weighted by atomic mass is 9.76. The summed E-state index contributed by atoms with van der Waals surface area (Å²) in [5.41, 5.74) is 1.40. The lowest BCUT2D eigenvalue weighted by molar-refractivity contribution is 0.292. The Morgan fingerprint density at radius 1 is 1.22 bits per heavy atom. The number of sulfonamides is 1. The summed E-state index contributed by atoms with van der Waals surface area (Å²) in [5, 5.41) is 8.31. The quantitative estimate of drug-likeness (QED) is 0.762. The van der Waals surface area contributed by atoms with E-state index in [0.29, 0.717) is 18.4 Å². The molecule has 1 saturated carbocycles. The van der Waals surface area contributed by atoms with Gasteiger partial charge < -0.3 is 5.32 Å². The van der Waals surface area contributed by atoms with E-state index in [2.05, 4.69) is 29.6 Å². The van der Waals surface area contributed by atoms with Crippen molar-refractivity contribution in [2.24, 2.45) is 5.14 Å². The van der Waals surface area contributed by atoms with Crippen LogP contribution in [0.15, 0.2) is 30.3 Å². The maximum absolute atomic E-state index is 10.7. The summed E-state index contributed by atoms with van der Waals surface area (Å²) < 4.78 is 21.5. The van der Waals surface area contributed by atoms with Crippen LogP contribution in [0.5, 0.6) is 0 Å². The Kier molecular flexibility index (Phi) is 4.37. The third-order valence-corrected chi connectivity index (χ3v) is 4.31. The SMILES string of the molecule is NS(=O)(=O)CCCNC1CC(c2ccccc2)C1. The first kappa shape index (κ1) is 13.5. The van der Waals surface area contributed by atoms with Crippen LogP contribution >= 0.6 is 0 Å². The van der Waals surface area contributed by atoms with E-state index in [-0.39, 0.29) is 5.75 Å². The fourth-order valence-electron chi connectivity index (χ4n) is 2.36. The number of hydrogen-bond acceptors (Lipinski definition) is 3. The van der Waals surface area contributed by atoms with Gasteiger partial charge in [0.15, 0.2) is 0 Å². The van der Waals surface area contributed by atoms with E-state index in [4.69, 9.17) is 5.14 Å². The molecule has 0 amide bonds. The molecule has 1 aliphatic rings.